The number of aromatic nitrogens is 1. The highest BCUT2D eigenvalue weighted by molar-refractivity contribution is 9.10. The van der Waals surface area contributed by atoms with Gasteiger partial charge in [-0.05, 0) is 45.6 Å². The molecule has 3 aromatic rings. The van der Waals surface area contributed by atoms with Gasteiger partial charge in [0.15, 0.2) is 0 Å². The highest BCUT2D eigenvalue weighted by atomic mass is 79.9. The van der Waals surface area contributed by atoms with E-state index in [2.05, 4.69) is 25.6 Å². The molecule has 0 aliphatic carbocycles. The van der Waals surface area contributed by atoms with Gasteiger partial charge in [0.2, 0.25) is 0 Å². The first-order chi connectivity index (χ1) is 10.1. The molecule has 0 saturated carbocycles. The molecule has 0 spiro atoms. The van der Waals surface area contributed by atoms with E-state index in [4.69, 9.17) is 0 Å². The summed E-state index contributed by atoms with van der Waals surface area (Å²) >= 11 is 3.26. The SMILES string of the molecule is O=S(=O)(Nc1cccc2ccncc12)c1ccccc1Br. The maximum atomic E-state index is 12.5. The molecule has 0 atom stereocenters. The minimum atomic E-state index is -3.66. The third kappa shape index (κ3) is 2.77. The lowest BCUT2D eigenvalue weighted by atomic mass is 10.1. The topological polar surface area (TPSA) is 59.1 Å². The summed E-state index contributed by atoms with van der Waals surface area (Å²) in [5.41, 5.74) is 0.511. The fraction of sp³-hybridized carbons (Fsp3) is 0. The molecule has 0 unspecified atom stereocenters. The first-order valence-corrected chi connectivity index (χ1v) is 8.46. The van der Waals surface area contributed by atoms with Crippen molar-refractivity contribution in [3.05, 3.63) is 65.4 Å². The number of halogens is 1. The predicted octanol–water partition coefficient (Wildman–Crippen LogP) is 3.80. The zero-order valence-corrected chi connectivity index (χ0v) is 13.2. The number of nitrogens with zero attached hydrogens (tertiary/aromatic N) is 1. The van der Waals surface area contributed by atoms with Crippen molar-refractivity contribution in [1.82, 2.24) is 4.98 Å². The van der Waals surface area contributed by atoms with E-state index in [1.165, 1.54) is 0 Å². The van der Waals surface area contributed by atoms with Crippen LogP contribution in [0.3, 0.4) is 0 Å². The molecule has 0 amide bonds. The Labute approximate surface area is 131 Å². The summed E-state index contributed by atoms with van der Waals surface area (Å²) in [6.45, 7) is 0. The van der Waals surface area contributed by atoms with E-state index in [1.807, 2.05) is 12.1 Å². The van der Waals surface area contributed by atoms with Gasteiger partial charge in [0.05, 0.1) is 5.69 Å². The van der Waals surface area contributed by atoms with Crippen LogP contribution >= 0.6 is 15.9 Å². The van der Waals surface area contributed by atoms with Gasteiger partial charge in [-0.15, -0.1) is 0 Å². The Balaban J connectivity index is 2.08. The Morgan fingerprint density at radius 3 is 2.62 bits per heavy atom. The second-order valence-corrected chi connectivity index (χ2v) is 6.94. The Hall–Kier alpha value is -1.92. The summed E-state index contributed by atoms with van der Waals surface area (Å²) < 4.78 is 28.2. The summed E-state index contributed by atoms with van der Waals surface area (Å²) in [6.07, 6.45) is 3.32. The average Bonchev–Trinajstić information content (AvgIpc) is 2.47. The molecular weight excluding hydrogens is 352 g/mol. The van der Waals surface area contributed by atoms with Gasteiger partial charge < -0.3 is 0 Å². The smallest absolute Gasteiger partial charge is 0.263 e. The molecule has 1 aromatic heterocycles. The van der Waals surface area contributed by atoms with E-state index < -0.39 is 10.0 Å². The Kier molecular flexibility index (Phi) is 3.65. The highest BCUT2D eigenvalue weighted by Crippen LogP contribution is 2.27. The van der Waals surface area contributed by atoms with E-state index >= 15 is 0 Å². The molecule has 0 aliphatic heterocycles. The second-order valence-electron chi connectivity index (χ2n) is 4.44. The van der Waals surface area contributed by atoms with Crippen LogP contribution in [0, 0.1) is 0 Å². The molecule has 2 aromatic carbocycles. The third-order valence-corrected chi connectivity index (χ3v) is 5.43. The largest absolute Gasteiger partial charge is 0.279 e. The molecule has 0 radical (unpaired) electrons. The molecule has 0 aliphatic rings. The molecule has 1 heterocycles. The maximum absolute atomic E-state index is 12.5. The first-order valence-electron chi connectivity index (χ1n) is 6.18. The van der Waals surface area contributed by atoms with Crippen molar-refractivity contribution in [2.45, 2.75) is 4.90 Å². The van der Waals surface area contributed by atoms with Gasteiger partial charge in [-0.25, -0.2) is 8.42 Å². The number of sulfonamides is 1. The van der Waals surface area contributed by atoms with Crippen LogP contribution in [0.25, 0.3) is 10.8 Å². The summed E-state index contributed by atoms with van der Waals surface area (Å²) in [5, 5.41) is 1.69. The van der Waals surface area contributed by atoms with Crippen LogP contribution < -0.4 is 4.72 Å². The number of pyridine rings is 1. The molecular formula is C15H11BrN2O2S. The average molecular weight is 363 g/mol. The molecule has 1 N–H and O–H groups in total. The normalized spacial score (nSPS) is 11.5. The lowest BCUT2D eigenvalue weighted by Crippen LogP contribution is -2.13. The van der Waals surface area contributed by atoms with Crippen molar-refractivity contribution in [2.75, 3.05) is 4.72 Å². The van der Waals surface area contributed by atoms with Crippen molar-refractivity contribution in [3.63, 3.8) is 0 Å². The standard InChI is InChI=1S/C15H11BrN2O2S/c16-13-5-1-2-7-15(13)21(19,20)18-14-6-3-4-11-8-9-17-10-12(11)14/h1-10,18H. The first kappa shape index (κ1) is 14.0. The molecule has 4 nitrogen and oxygen atoms in total. The number of benzene rings is 2. The minimum Gasteiger partial charge on any atom is -0.279 e. The monoisotopic (exact) mass is 362 g/mol. The van der Waals surface area contributed by atoms with Crippen molar-refractivity contribution >= 4 is 42.4 Å². The summed E-state index contributed by atoms with van der Waals surface area (Å²) in [6, 6.07) is 14.0. The predicted molar refractivity (Wildman–Crippen MR) is 86.7 cm³/mol. The Morgan fingerprint density at radius 2 is 1.81 bits per heavy atom. The fourth-order valence-electron chi connectivity index (χ4n) is 2.06. The quantitative estimate of drug-likeness (QED) is 0.770. The molecule has 3 rings (SSSR count). The van der Waals surface area contributed by atoms with E-state index in [-0.39, 0.29) is 4.90 Å². The van der Waals surface area contributed by atoms with E-state index in [9.17, 15) is 8.42 Å². The third-order valence-electron chi connectivity index (χ3n) is 3.05. The Morgan fingerprint density at radius 1 is 1.00 bits per heavy atom. The van der Waals surface area contributed by atoms with Gasteiger partial charge in [-0.2, -0.15) is 0 Å². The molecule has 6 heteroatoms. The fourth-order valence-corrected chi connectivity index (χ4v) is 4.15. The number of nitrogens with one attached hydrogen (secondary N) is 1. The molecule has 106 valence electrons. The van der Waals surface area contributed by atoms with Crippen LogP contribution in [0.2, 0.25) is 0 Å². The lowest BCUT2D eigenvalue weighted by molar-refractivity contribution is 0.601. The van der Waals surface area contributed by atoms with Crippen molar-refractivity contribution in [2.24, 2.45) is 0 Å². The van der Waals surface area contributed by atoms with E-state index in [0.29, 0.717) is 10.2 Å². The zero-order valence-electron chi connectivity index (χ0n) is 10.8. The van der Waals surface area contributed by atoms with Gasteiger partial charge in [-0.3, -0.25) is 9.71 Å². The van der Waals surface area contributed by atoms with Crippen molar-refractivity contribution in [1.29, 1.82) is 0 Å². The van der Waals surface area contributed by atoms with Gasteiger partial charge in [-0.1, -0.05) is 24.3 Å². The number of rotatable bonds is 3. The lowest BCUT2D eigenvalue weighted by Gasteiger charge is -2.11. The van der Waals surface area contributed by atoms with Crippen LogP contribution in [0.1, 0.15) is 0 Å². The molecule has 0 bridgehead atoms. The van der Waals surface area contributed by atoms with E-state index in [0.717, 1.165) is 10.8 Å². The highest BCUT2D eigenvalue weighted by Gasteiger charge is 2.18. The van der Waals surface area contributed by atoms with Gasteiger partial charge in [0.1, 0.15) is 4.90 Å². The number of hydrogen-bond donors (Lipinski definition) is 1. The van der Waals surface area contributed by atoms with Crippen LogP contribution in [0.4, 0.5) is 5.69 Å². The zero-order chi connectivity index (χ0) is 14.9. The molecule has 0 saturated heterocycles. The summed E-state index contributed by atoms with van der Waals surface area (Å²) in [4.78, 5) is 4.25. The summed E-state index contributed by atoms with van der Waals surface area (Å²) in [7, 11) is -3.66. The number of fused-ring (bicyclic) bond motifs is 1. The molecule has 21 heavy (non-hydrogen) atoms. The molecule has 0 fully saturated rings. The van der Waals surface area contributed by atoms with Gasteiger partial charge in [0.25, 0.3) is 10.0 Å². The van der Waals surface area contributed by atoms with Crippen molar-refractivity contribution < 1.29 is 8.42 Å². The van der Waals surface area contributed by atoms with Gasteiger partial charge in [0, 0.05) is 22.3 Å². The number of hydrogen-bond acceptors (Lipinski definition) is 3. The van der Waals surface area contributed by atoms with Crippen LogP contribution in [0.15, 0.2) is 70.3 Å². The van der Waals surface area contributed by atoms with E-state index in [1.54, 1.807) is 48.8 Å². The van der Waals surface area contributed by atoms with Crippen LogP contribution in [-0.2, 0) is 10.0 Å². The second kappa shape index (κ2) is 5.46. The minimum absolute atomic E-state index is 0.200. The Bertz CT molecular complexity index is 905. The van der Waals surface area contributed by atoms with Gasteiger partial charge >= 0.3 is 0 Å². The summed E-state index contributed by atoms with van der Waals surface area (Å²) in [5.74, 6) is 0. The van der Waals surface area contributed by atoms with Crippen molar-refractivity contribution in [3.8, 4) is 0 Å². The maximum Gasteiger partial charge on any atom is 0.263 e. The number of anilines is 1. The van der Waals surface area contributed by atoms with Crippen LogP contribution in [-0.4, -0.2) is 13.4 Å². The van der Waals surface area contributed by atoms with Crippen LogP contribution in [0.5, 0.6) is 0 Å².